The van der Waals surface area contributed by atoms with Crippen LogP contribution < -0.4 is 0 Å². The van der Waals surface area contributed by atoms with Crippen molar-refractivity contribution < 1.29 is 5.11 Å². The van der Waals surface area contributed by atoms with Crippen LogP contribution in [0.2, 0.25) is 0 Å². The minimum absolute atomic E-state index is 0.250. The molecule has 3 nitrogen and oxygen atoms in total. The summed E-state index contributed by atoms with van der Waals surface area (Å²) in [5, 5.41) is 10.7. The first-order valence-corrected chi connectivity index (χ1v) is 8.50. The lowest BCUT2D eigenvalue weighted by Gasteiger charge is -2.32. The molecule has 3 unspecified atom stereocenters. The third-order valence-corrected chi connectivity index (χ3v) is 5.24. The summed E-state index contributed by atoms with van der Waals surface area (Å²) < 4.78 is 0. The molecule has 2 aliphatic heterocycles. The predicted molar refractivity (Wildman–Crippen MR) is 86.3 cm³/mol. The zero-order chi connectivity index (χ0) is 14.7. The van der Waals surface area contributed by atoms with Crippen LogP contribution in [0.4, 0.5) is 0 Å². The Kier molecular flexibility index (Phi) is 4.94. The first-order valence-electron chi connectivity index (χ1n) is 8.50. The Morgan fingerprint density at radius 2 is 1.86 bits per heavy atom. The van der Waals surface area contributed by atoms with Crippen LogP contribution in [0.1, 0.15) is 44.3 Å². The zero-order valence-electron chi connectivity index (χ0n) is 13.1. The van der Waals surface area contributed by atoms with E-state index in [-0.39, 0.29) is 12.1 Å². The Balaban J connectivity index is 1.64. The highest BCUT2D eigenvalue weighted by molar-refractivity contribution is 5.19. The quantitative estimate of drug-likeness (QED) is 0.902. The van der Waals surface area contributed by atoms with Gasteiger partial charge >= 0.3 is 0 Å². The summed E-state index contributed by atoms with van der Waals surface area (Å²) in [7, 11) is 0. The number of aliphatic hydroxyl groups is 1. The van der Waals surface area contributed by atoms with Gasteiger partial charge in [0.05, 0.1) is 6.10 Å². The normalized spacial score (nSPS) is 27.0. The molecule has 1 N–H and O–H groups in total. The lowest BCUT2D eigenvalue weighted by atomic mass is 9.99. The van der Waals surface area contributed by atoms with Gasteiger partial charge < -0.3 is 5.11 Å². The summed E-state index contributed by atoms with van der Waals surface area (Å²) in [6, 6.07) is 11.1. The van der Waals surface area contributed by atoms with Crippen molar-refractivity contribution in [2.45, 2.75) is 50.8 Å². The van der Waals surface area contributed by atoms with Crippen molar-refractivity contribution in [2.75, 3.05) is 26.2 Å². The van der Waals surface area contributed by atoms with Crippen molar-refractivity contribution >= 4 is 0 Å². The number of benzene rings is 1. The summed E-state index contributed by atoms with van der Waals surface area (Å²) in [5.74, 6) is 0. The van der Waals surface area contributed by atoms with Crippen molar-refractivity contribution in [3.05, 3.63) is 35.9 Å². The fourth-order valence-corrected chi connectivity index (χ4v) is 4.03. The molecule has 0 aromatic heterocycles. The molecular weight excluding hydrogens is 260 g/mol. The molecule has 3 rings (SSSR count). The first kappa shape index (κ1) is 15.0. The van der Waals surface area contributed by atoms with Gasteiger partial charge in [-0.25, -0.2) is 0 Å². The van der Waals surface area contributed by atoms with E-state index in [0.717, 1.165) is 25.1 Å². The van der Waals surface area contributed by atoms with Crippen molar-refractivity contribution in [1.29, 1.82) is 0 Å². The molecule has 2 heterocycles. The molecular formula is C18H28N2O. The Hall–Kier alpha value is -0.900. The molecule has 0 saturated carbocycles. The number of rotatable bonds is 5. The van der Waals surface area contributed by atoms with Crippen LogP contribution in [-0.4, -0.2) is 53.2 Å². The minimum Gasteiger partial charge on any atom is -0.387 e. The van der Waals surface area contributed by atoms with E-state index in [0.29, 0.717) is 6.04 Å². The van der Waals surface area contributed by atoms with E-state index in [1.807, 2.05) is 30.3 Å². The molecule has 0 bridgehead atoms. The summed E-state index contributed by atoms with van der Waals surface area (Å²) in [4.78, 5) is 5.17. The summed E-state index contributed by atoms with van der Waals surface area (Å²) >= 11 is 0. The molecule has 1 aromatic rings. The van der Waals surface area contributed by atoms with Gasteiger partial charge in [0.2, 0.25) is 0 Å². The SMILES string of the molecule is CCC(C(O)c1ccccc1)N1CCC(N2CCCC2)C1. The third-order valence-electron chi connectivity index (χ3n) is 5.24. The Labute approximate surface area is 128 Å². The largest absolute Gasteiger partial charge is 0.387 e. The topological polar surface area (TPSA) is 26.7 Å². The molecule has 0 aliphatic carbocycles. The summed E-state index contributed by atoms with van der Waals surface area (Å²) in [6.45, 7) is 7.00. The minimum atomic E-state index is -0.367. The van der Waals surface area contributed by atoms with Crippen molar-refractivity contribution in [3.8, 4) is 0 Å². The average Bonchev–Trinajstić information content (AvgIpc) is 3.20. The van der Waals surface area contributed by atoms with Gasteiger partial charge in [0.25, 0.3) is 0 Å². The van der Waals surface area contributed by atoms with Crippen LogP contribution in [-0.2, 0) is 0 Å². The van der Waals surface area contributed by atoms with E-state index in [9.17, 15) is 5.11 Å². The Bertz CT molecular complexity index is 430. The maximum Gasteiger partial charge on any atom is 0.0945 e. The van der Waals surface area contributed by atoms with Crippen LogP contribution >= 0.6 is 0 Å². The molecule has 2 fully saturated rings. The van der Waals surface area contributed by atoms with Crippen LogP contribution in [0.3, 0.4) is 0 Å². The monoisotopic (exact) mass is 288 g/mol. The standard InChI is InChI=1S/C18H28N2O/c1-2-17(18(21)15-8-4-3-5-9-15)20-13-10-16(14-20)19-11-6-7-12-19/h3-5,8-9,16-18,21H,2,6-7,10-14H2,1H3. The van der Waals surface area contributed by atoms with E-state index < -0.39 is 0 Å². The molecule has 0 amide bonds. The molecule has 21 heavy (non-hydrogen) atoms. The second-order valence-electron chi connectivity index (χ2n) is 6.51. The van der Waals surface area contributed by atoms with E-state index >= 15 is 0 Å². The molecule has 2 aliphatic rings. The van der Waals surface area contributed by atoms with Gasteiger partial charge in [0.15, 0.2) is 0 Å². The van der Waals surface area contributed by atoms with Gasteiger partial charge in [-0.05, 0) is 44.3 Å². The van der Waals surface area contributed by atoms with E-state index in [2.05, 4.69) is 16.7 Å². The smallest absolute Gasteiger partial charge is 0.0945 e. The number of hydrogen-bond acceptors (Lipinski definition) is 3. The van der Waals surface area contributed by atoms with Gasteiger partial charge in [-0.1, -0.05) is 37.3 Å². The van der Waals surface area contributed by atoms with Crippen LogP contribution in [0, 0.1) is 0 Å². The summed E-state index contributed by atoms with van der Waals surface area (Å²) in [6.07, 6.45) is 4.62. The van der Waals surface area contributed by atoms with Crippen molar-refractivity contribution in [1.82, 2.24) is 9.80 Å². The number of aliphatic hydroxyl groups excluding tert-OH is 1. The second-order valence-corrected chi connectivity index (χ2v) is 6.51. The molecule has 3 heteroatoms. The highest BCUT2D eigenvalue weighted by atomic mass is 16.3. The van der Waals surface area contributed by atoms with E-state index in [1.54, 1.807) is 0 Å². The second kappa shape index (κ2) is 6.91. The first-order chi connectivity index (χ1) is 10.3. The van der Waals surface area contributed by atoms with Gasteiger partial charge in [0, 0.05) is 25.2 Å². The van der Waals surface area contributed by atoms with Crippen LogP contribution in [0.25, 0.3) is 0 Å². The highest BCUT2D eigenvalue weighted by Gasteiger charge is 2.34. The van der Waals surface area contributed by atoms with Crippen LogP contribution in [0.15, 0.2) is 30.3 Å². The lowest BCUT2D eigenvalue weighted by Crippen LogP contribution is -2.41. The van der Waals surface area contributed by atoms with Gasteiger partial charge in [-0.15, -0.1) is 0 Å². The number of hydrogen-bond donors (Lipinski definition) is 1. The molecule has 1 aromatic carbocycles. The van der Waals surface area contributed by atoms with Crippen molar-refractivity contribution in [3.63, 3.8) is 0 Å². The average molecular weight is 288 g/mol. The fraction of sp³-hybridized carbons (Fsp3) is 0.667. The maximum atomic E-state index is 10.7. The molecule has 2 saturated heterocycles. The lowest BCUT2D eigenvalue weighted by molar-refractivity contribution is 0.0548. The highest BCUT2D eigenvalue weighted by Crippen LogP contribution is 2.28. The zero-order valence-corrected chi connectivity index (χ0v) is 13.1. The number of likely N-dealkylation sites (tertiary alicyclic amines) is 2. The van der Waals surface area contributed by atoms with E-state index in [4.69, 9.17) is 0 Å². The van der Waals surface area contributed by atoms with Gasteiger partial charge in [-0.3, -0.25) is 9.80 Å². The third kappa shape index (κ3) is 3.31. The van der Waals surface area contributed by atoms with Crippen LogP contribution in [0.5, 0.6) is 0 Å². The Morgan fingerprint density at radius 3 is 2.52 bits per heavy atom. The van der Waals surface area contributed by atoms with Gasteiger partial charge in [0.1, 0.15) is 0 Å². The van der Waals surface area contributed by atoms with E-state index in [1.165, 1.54) is 32.4 Å². The fourth-order valence-electron chi connectivity index (χ4n) is 4.03. The van der Waals surface area contributed by atoms with Crippen molar-refractivity contribution in [2.24, 2.45) is 0 Å². The molecule has 116 valence electrons. The summed E-state index contributed by atoms with van der Waals surface area (Å²) in [5.41, 5.74) is 1.05. The maximum absolute atomic E-state index is 10.7. The molecule has 0 spiro atoms. The predicted octanol–water partition coefficient (Wildman–Crippen LogP) is 2.67. The molecule has 0 radical (unpaired) electrons. The Morgan fingerprint density at radius 1 is 1.14 bits per heavy atom. The van der Waals surface area contributed by atoms with Gasteiger partial charge in [-0.2, -0.15) is 0 Å². The molecule has 3 atom stereocenters. The number of nitrogens with zero attached hydrogens (tertiary/aromatic N) is 2.